The van der Waals surface area contributed by atoms with E-state index in [1.807, 2.05) is 30.3 Å². The topological polar surface area (TPSA) is 49.3 Å². The van der Waals surface area contributed by atoms with Crippen LogP contribution in [0.3, 0.4) is 0 Å². The molecule has 2 aromatic carbocycles. The molecule has 0 radical (unpaired) electrons. The monoisotopic (exact) mass is 295 g/mol. The van der Waals surface area contributed by atoms with Gasteiger partial charge < -0.3 is 10.4 Å². The van der Waals surface area contributed by atoms with Gasteiger partial charge in [0.25, 0.3) is 0 Å². The van der Waals surface area contributed by atoms with E-state index in [4.69, 9.17) is 0 Å². The van der Waals surface area contributed by atoms with Gasteiger partial charge in [-0.1, -0.05) is 30.3 Å². The first-order valence-corrected chi connectivity index (χ1v) is 6.09. The van der Waals surface area contributed by atoms with Crippen molar-refractivity contribution >= 4 is 11.6 Å². The molecule has 0 aromatic heterocycles. The van der Waals surface area contributed by atoms with E-state index < -0.39 is 12.1 Å². The average Bonchev–Trinajstić information content (AvgIpc) is 2.38. The van der Waals surface area contributed by atoms with Gasteiger partial charge in [0.2, 0.25) is 0 Å². The highest BCUT2D eigenvalue weighted by molar-refractivity contribution is 5.95. The first-order valence-electron chi connectivity index (χ1n) is 6.09. The van der Waals surface area contributed by atoms with Crippen molar-refractivity contribution in [2.75, 3.05) is 5.32 Å². The number of aromatic hydroxyl groups is 1. The third-order valence-corrected chi connectivity index (χ3v) is 2.74. The zero-order chi connectivity index (χ0) is 15.5. The number of nitrogens with one attached hydrogen (secondary N) is 1. The number of amides is 1. The second-order valence-corrected chi connectivity index (χ2v) is 4.50. The number of phenols is 1. The van der Waals surface area contributed by atoms with Crippen LogP contribution in [0, 0.1) is 0 Å². The van der Waals surface area contributed by atoms with Gasteiger partial charge >= 0.3 is 12.1 Å². The highest BCUT2D eigenvalue weighted by Crippen LogP contribution is 2.24. The Bertz CT molecular complexity index is 639. The maximum Gasteiger partial charge on any atom is 0.471 e. The molecular formula is C15H12F3NO2. The molecule has 2 N–H and O–H groups in total. The molecule has 6 heteroatoms. The van der Waals surface area contributed by atoms with Crippen molar-refractivity contribution in [1.29, 1.82) is 0 Å². The zero-order valence-corrected chi connectivity index (χ0v) is 10.8. The van der Waals surface area contributed by atoms with E-state index in [0.717, 1.165) is 11.6 Å². The molecule has 0 atom stereocenters. The smallest absolute Gasteiger partial charge is 0.471 e. The van der Waals surface area contributed by atoms with Crippen LogP contribution in [0.15, 0.2) is 48.5 Å². The Labute approximate surface area is 119 Å². The summed E-state index contributed by atoms with van der Waals surface area (Å²) in [6, 6.07) is 13.1. The number of anilines is 1. The molecule has 0 spiro atoms. The van der Waals surface area contributed by atoms with Gasteiger partial charge in [0.15, 0.2) is 0 Å². The molecule has 0 fully saturated rings. The number of rotatable bonds is 3. The average molecular weight is 295 g/mol. The van der Waals surface area contributed by atoms with E-state index in [1.54, 1.807) is 5.32 Å². The SMILES string of the molecule is O=C(Nc1cc(O)cc(Cc2ccccc2)c1)C(F)(F)F. The molecule has 0 bridgehead atoms. The molecule has 0 aliphatic carbocycles. The first-order chi connectivity index (χ1) is 9.84. The lowest BCUT2D eigenvalue weighted by atomic mass is 10.0. The van der Waals surface area contributed by atoms with Crippen LogP contribution in [0.5, 0.6) is 5.75 Å². The van der Waals surface area contributed by atoms with Gasteiger partial charge in [-0.25, -0.2) is 0 Å². The van der Waals surface area contributed by atoms with E-state index in [2.05, 4.69) is 0 Å². The van der Waals surface area contributed by atoms with Gasteiger partial charge in [-0.2, -0.15) is 13.2 Å². The second kappa shape index (κ2) is 5.87. The van der Waals surface area contributed by atoms with E-state index in [0.29, 0.717) is 12.0 Å². The van der Waals surface area contributed by atoms with Crippen LogP contribution in [0.25, 0.3) is 0 Å². The summed E-state index contributed by atoms with van der Waals surface area (Å²) in [6.07, 6.45) is -4.53. The van der Waals surface area contributed by atoms with Crippen molar-refractivity contribution in [2.24, 2.45) is 0 Å². The molecule has 3 nitrogen and oxygen atoms in total. The van der Waals surface area contributed by atoms with E-state index in [-0.39, 0.29) is 11.4 Å². The summed E-state index contributed by atoms with van der Waals surface area (Å²) in [7, 11) is 0. The van der Waals surface area contributed by atoms with Gasteiger partial charge in [-0.15, -0.1) is 0 Å². The minimum atomic E-state index is -4.97. The van der Waals surface area contributed by atoms with Gasteiger partial charge in [0, 0.05) is 11.8 Å². The quantitative estimate of drug-likeness (QED) is 0.910. The molecule has 21 heavy (non-hydrogen) atoms. The van der Waals surface area contributed by atoms with Crippen molar-refractivity contribution in [1.82, 2.24) is 0 Å². The number of hydrogen-bond acceptors (Lipinski definition) is 2. The number of alkyl halides is 3. The predicted octanol–water partition coefficient (Wildman–Crippen LogP) is 3.48. The fourth-order valence-electron chi connectivity index (χ4n) is 1.88. The van der Waals surface area contributed by atoms with Crippen LogP contribution in [0.4, 0.5) is 18.9 Å². The fourth-order valence-corrected chi connectivity index (χ4v) is 1.88. The Morgan fingerprint density at radius 1 is 1.05 bits per heavy atom. The maximum atomic E-state index is 12.2. The Morgan fingerprint density at radius 2 is 1.71 bits per heavy atom. The molecular weight excluding hydrogens is 283 g/mol. The summed E-state index contributed by atoms with van der Waals surface area (Å²) in [5, 5.41) is 11.3. The van der Waals surface area contributed by atoms with Gasteiger partial charge in [-0.05, 0) is 29.7 Å². The van der Waals surface area contributed by atoms with Crippen LogP contribution >= 0.6 is 0 Å². The molecule has 0 unspecified atom stereocenters. The van der Waals surface area contributed by atoms with Gasteiger partial charge in [0.05, 0.1) is 0 Å². The van der Waals surface area contributed by atoms with Gasteiger partial charge in [-0.3, -0.25) is 4.79 Å². The van der Waals surface area contributed by atoms with Crippen LogP contribution < -0.4 is 5.32 Å². The highest BCUT2D eigenvalue weighted by atomic mass is 19.4. The minimum absolute atomic E-state index is 0.0942. The van der Waals surface area contributed by atoms with E-state index >= 15 is 0 Å². The Hall–Kier alpha value is -2.50. The maximum absolute atomic E-state index is 12.2. The first kappa shape index (κ1) is 14.9. The summed E-state index contributed by atoms with van der Waals surface area (Å²) in [4.78, 5) is 10.9. The number of carbonyl (C=O) groups excluding carboxylic acids is 1. The van der Waals surface area contributed by atoms with Crippen LogP contribution in [0.2, 0.25) is 0 Å². The standard InChI is InChI=1S/C15H12F3NO2/c16-15(17,18)14(21)19-12-7-11(8-13(20)9-12)6-10-4-2-1-3-5-10/h1-5,7-9,20H,6H2,(H,19,21). The Kier molecular flexibility index (Phi) is 4.16. The molecule has 110 valence electrons. The van der Waals surface area contributed by atoms with Crippen LogP contribution in [0.1, 0.15) is 11.1 Å². The molecule has 2 aromatic rings. The number of halogens is 3. The number of hydrogen-bond donors (Lipinski definition) is 2. The fraction of sp³-hybridized carbons (Fsp3) is 0.133. The Morgan fingerprint density at radius 3 is 2.33 bits per heavy atom. The summed E-state index contributed by atoms with van der Waals surface area (Å²) in [6.45, 7) is 0. The molecule has 1 amide bonds. The van der Waals surface area contributed by atoms with Crippen molar-refractivity contribution in [3.8, 4) is 5.75 Å². The normalized spacial score (nSPS) is 11.2. The molecule has 2 rings (SSSR count). The van der Waals surface area contributed by atoms with Crippen LogP contribution in [-0.2, 0) is 11.2 Å². The van der Waals surface area contributed by atoms with Gasteiger partial charge in [0.1, 0.15) is 5.75 Å². The van der Waals surface area contributed by atoms with Crippen molar-refractivity contribution < 1.29 is 23.1 Å². The predicted molar refractivity (Wildman–Crippen MR) is 72.0 cm³/mol. The summed E-state index contributed by atoms with van der Waals surface area (Å²) in [5.41, 5.74) is 1.44. The van der Waals surface area contributed by atoms with Crippen molar-refractivity contribution in [3.05, 3.63) is 59.7 Å². The van der Waals surface area contributed by atoms with Crippen molar-refractivity contribution in [2.45, 2.75) is 12.6 Å². The third kappa shape index (κ3) is 4.24. The lowest BCUT2D eigenvalue weighted by molar-refractivity contribution is -0.167. The summed E-state index contributed by atoms with van der Waals surface area (Å²) < 4.78 is 36.6. The molecule has 0 aliphatic rings. The second-order valence-electron chi connectivity index (χ2n) is 4.50. The van der Waals surface area contributed by atoms with E-state index in [9.17, 15) is 23.1 Å². The largest absolute Gasteiger partial charge is 0.508 e. The molecule has 0 aliphatic heterocycles. The summed E-state index contributed by atoms with van der Waals surface area (Å²) in [5.74, 6) is -2.28. The van der Waals surface area contributed by atoms with Crippen LogP contribution in [-0.4, -0.2) is 17.2 Å². The van der Waals surface area contributed by atoms with E-state index in [1.165, 1.54) is 12.1 Å². The number of phenolic OH excluding ortho intramolecular Hbond substituents is 1. The highest BCUT2D eigenvalue weighted by Gasteiger charge is 2.38. The summed E-state index contributed by atoms with van der Waals surface area (Å²) >= 11 is 0. The zero-order valence-electron chi connectivity index (χ0n) is 10.8. The Balaban J connectivity index is 2.20. The molecule has 0 saturated carbocycles. The molecule has 0 saturated heterocycles. The lowest BCUT2D eigenvalue weighted by Gasteiger charge is -2.10. The number of carbonyl (C=O) groups is 1. The minimum Gasteiger partial charge on any atom is -0.508 e. The third-order valence-electron chi connectivity index (χ3n) is 2.74. The van der Waals surface area contributed by atoms with Crippen molar-refractivity contribution in [3.63, 3.8) is 0 Å². The lowest BCUT2D eigenvalue weighted by Crippen LogP contribution is -2.29. The molecule has 0 heterocycles. The number of benzene rings is 2.